The number of carbonyl (C=O) groups is 2. The predicted molar refractivity (Wildman–Crippen MR) is 107 cm³/mol. The smallest absolute Gasteiger partial charge is 0.319 e. The number of para-hydroxylation sites is 1. The van der Waals surface area contributed by atoms with Gasteiger partial charge >= 0.3 is 6.03 Å². The van der Waals surface area contributed by atoms with Gasteiger partial charge in [-0.3, -0.25) is 4.79 Å². The molecule has 3 N–H and O–H groups in total. The average molecular weight is 369 g/mol. The summed E-state index contributed by atoms with van der Waals surface area (Å²) in [6, 6.07) is 15.8. The summed E-state index contributed by atoms with van der Waals surface area (Å²) < 4.78 is 5.13. The molecule has 2 aromatic rings. The Morgan fingerprint density at radius 1 is 1.00 bits per heavy atom. The fourth-order valence-electron chi connectivity index (χ4n) is 2.60. The Hall–Kier alpha value is -3.02. The Balaban J connectivity index is 1.83. The summed E-state index contributed by atoms with van der Waals surface area (Å²) in [6.45, 7) is 4.30. The SMILES string of the molecule is COc1ccc(CCNC(=O)C(NC(=O)Nc2ccccc2)C(C)C)cc1. The predicted octanol–water partition coefficient (Wildman–Crippen LogP) is 3.20. The molecule has 6 heteroatoms. The monoisotopic (exact) mass is 369 g/mol. The van der Waals surface area contributed by atoms with Crippen LogP contribution in [-0.4, -0.2) is 31.6 Å². The number of rotatable bonds is 8. The van der Waals surface area contributed by atoms with Gasteiger partial charge in [-0.05, 0) is 42.2 Å². The van der Waals surface area contributed by atoms with E-state index in [1.165, 1.54) is 0 Å². The third-order valence-corrected chi connectivity index (χ3v) is 4.14. The van der Waals surface area contributed by atoms with Gasteiger partial charge < -0.3 is 20.7 Å². The van der Waals surface area contributed by atoms with E-state index >= 15 is 0 Å². The van der Waals surface area contributed by atoms with Crippen molar-refractivity contribution in [1.29, 1.82) is 0 Å². The summed E-state index contributed by atoms with van der Waals surface area (Å²) in [5, 5.41) is 8.38. The van der Waals surface area contributed by atoms with Crippen molar-refractivity contribution in [2.75, 3.05) is 19.0 Å². The highest BCUT2D eigenvalue weighted by molar-refractivity contribution is 5.93. The van der Waals surface area contributed by atoms with E-state index in [1.54, 1.807) is 19.2 Å². The maximum absolute atomic E-state index is 12.5. The normalized spacial score (nSPS) is 11.6. The average Bonchev–Trinajstić information content (AvgIpc) is 2.67. The van der Waals surface area contributed by atoms with Crippen molar-refractivity contribution in [3.63, 3.8) is 0 Å². The molecular formula is C21H27N3O3. The number of benzene rings is 2. The van der Waals surface area contributed by atoms with Crippen molar-refractivity contribution in [3.05, 3.63) is 60.2 Å². The highest BCUT2D eigenvalue weighted by Gasteiger charge is 2.23. The van der Waals surface area contributed by atoms with Crippen LogP contribution in [0, 0.1) is 5.92 Å². The summed E-state index contributed by atoms with van der Waals surface area (Å²) in [4.78, 5) is 24.7. The van der Waals surface area contributed by atoms with E-state index < -0.39 is 12.1 Å². The van der Waals surface area contributed by atoms with Crippen LogP contribution in [0.25, 0.3) is 0 Å². The second kappa shape index (κ2) is 10.2. The summed E-state index contributed by atoms with van der Waals surface area (Å²) in [5.41, 5.74) is 1.78. The maximum atomic E-state index is 12.5. The molecule has 0 saturated carbocycles. The molecule has 0 fully saturated rings. The summed E-state index contributed by atoms with van der Waals surface area (Å²) in [6.07, 6.45) is 0.705. The molecule has 6 nitrogen and oxygen atoms in total. The van der Waals surface area contributed by atoms with Gasteiger partial charge in [0.1, 0.15) is 11.8 Å². The summed E-state index contributed by atoms with van der Waals surface area (Å²) in [7, 11) is 1.63. The van der Waals surface area contributed by atoms with Crippen molar-refractivity contribution >= 4 is 17.6 Å². The zero-order valence-electron chi connectivity index (χ0n) is 16.0. The molecular weight excluding hydrogens is 342 g/mol. The topological polar surface area (TPSA) is 79.5 Å². The Kier molecular flexibility index (Phi) is 7.67. The third-order valence-electron chi connectivity index (χ3n) is 4.14. The number of hydrogen-bond donors (Lipinski definition) is 3. The van der Waals surface area contributed by atoms with Crippen LogP contribution in [0.2, 0.25) is 0 Å². The molecule has 0 heterocycles. The minimum Gasteiger partial charge on any atom is -0.497 e. The van der Waals surface area contributed by atoms with Crippen molar-refractivity contribution in [2.45, 2.75) is 26.3 Å². The zero-order chi connectivity index (χ0) is 19.6. The first-order valence-corrected chi connectivity index (χ1v) is 9.03. The molecule has 3 amide bonds. The lowest BCUT2D eigenvalue weighted by molar-refractivity contribution is -0.123. The fraction of sp³-hybridized carbons (Fsp3) is 0.333. The van der Waals surface area contributed by atoms with Crippen LogP contribution in [0.1, 0.15) is 19.4 Å². The van der Waals surface area contributed by atoms with E-state index in [-0.39, 0.29) is 11.8 Å². The van der Waals surface area contributed by atoms with Crippen molar-refractivity contribution in [1.82, 2.24) is 10.6 Å². The number of methoxy groups -OCH3 is 1. The number of anilines is 1. The van der Waals surface area contributed by atoms with Crippen LogP contribution in [0.4, 0.5) is 10.5 Å². The minimum atomic E-state index is -0.607. The lowest BCUT2D eigenvalue weighted by Crippen LogP contribution is -2.51. The Morgan fingerprint density at radius 3 is 2.26 bits per heavy atom. The van der Waals surface area contributed by atoms with E-state index in [4.69, 9.17) is 4.74 Å². The van der Waals surface area contributed by atoms with E-state index in [0.717, 1.165) is 11.3 Å². The Labute approximate surface area is 160 Å². The molecule has 1 atom stereocenters. The first-order valence-electron chi connectivity index (χ1n) is 9.03. The van der Waals surface area contributed by atoms with E-state index in [1.807, 2.05) is 56.3 Å². The molecule has 2 rings (SSSR count). The molecule has 144 valence electrons. The molecule has 0 aliphatic heterocycles. The number of ether oxygens (including phenoxy) is 1. The molecule has 0 aliphatic rings. The number of hydrogen-bond acceptors (Lipinski definition) is 3. The maximum Gasteiger partial charge on any atom is 0.319 e. The summed E-state index contributed by atoms with van der Waals surface area (Å²) in [5.74, 6) is 0.575. The molecule has 2 aromatic carbocycles. The number of urea groups is 1. The number of carbonyl (C=O) groups excluding carboxylic acids is 2. The van der Waals surface area contributed by atoms with E-state index in [0.29, 0.717) is 18.7 Å². The number of nitrogens with one attached hydrogen (secondary N) is 3. The van der Waals surface area contributed by atoms with Crippen molar-refractivity contribution < 1.29 is 14.3 Å². The number of amides is 3. The fourth-order valence-corrected chi connectivity index (χ4v) is 2.60. The molecule has 1 unspecified atom stereocenters. The first-order chi connectivity index (χ1) is 13.0. The van der Waals surface area contributed by atoms with Crippen molar-refractivity contribution in [3.8, 4) is 5.75 Å². The van der Waals surface area contributed by atoms with Crippen LogP contribution < -0.4 is 20.7 Å². The van der Waals surface area contributed by atoms with Crippen LogP contribution >= 0.6 is 0 Å². The van der Waals surface area contributed by atoms with Gasteiger partial charge in [-0.2, -0.15) is 0 Å². The Morgan fingerprint density at radius 2 is 1.67 bits per heavy atom. The summed E-state index contributed by atoms with van der Waals surface area (Å²) >= 11 is 0. The quantitative estimate of drug-likeness (QED) is 0.668. The van der Waals surface area contributed by atoms with Gasteiger partial charge in [0, 0.05) is 12.2 Å². The molecule has 0 bridgehead atoms. The second-order valence-corrected chi connectivity index (χ2v) is 6.58. The Bertz CT molecular complexity index is 730. The highest BCUT2D eigenvalue weighted by Crippen LogP contribution is 2.11. The van der Waals surface area contributed by atoms with Crippen LogP contribution in [-0.2, 0) is 11.2 Å². The van der Waals surface area contributed by atoms with Crippen LogP contribution in [0.5, 0.6) is 5.75 Å². The van der Waals surface area contributed by atoms with Gasteiger partial charge in [0.05, 0.1) is 7.11 Å². The van der Waals surface area contributed by atoms with Crippen LogP contribution in [0.15, 0.2) is 54.6 Å². The van der Waals surface area contributed by atoms with Crippen LogP contribution in [0.3, 0.4) is 0 Å². The molecule has 0 aliphatic carbocycles. The van der Waals surface area contributed by atoms with Gasteiger partial charge in [0.2, 0.25) is 5.91 Å². The molecule has 0 aromatic heterocycles. The highest BCUT2D eigenvalue weighted by atomic mass is 16.5. The standard InChI is InChI=1S/C21H27N3O3/c1-15(2)19(24-21(26)23-17-7-5-4-6-8-17)20(25)22-14-13-16-9-11-18(27-3)12-10-16/h4-12,15,19H,13-14H2,1-3H3,(H,22,25)(H2,23,24,26). The molecule has 27 heavy (non-hydrogen) atoms. The second-order valence-electron chi connectivity index (χ2n) is 6.58. The van der Waals surface area contributed by atoms with Gasteiger partial charge in [-0.1, -0.05) is 44.2 Å². The van der Waals surface area contributed by atoms with E-state index in [2.05, 4.69) is 16.0 Å². The van der Waals surface area contributed by atoms with Gasteiger partial charge in [-0.25, -0.2) is 4.79 Å². The third kappa shape index (κ3) is 6.66. The van der Waals surface area contributed by atoms with Crippen molar-refractivity contribution in [2.24, 2.45) is 5.92 Å². The zero-order valence-corrected chi connectivity index (χ0v) is 16.0. The molecule has 0 saturated heterocycles. The van der Waals surface area contributed by atoms with Gasteiger partial charge in [0.15, 0.2) is 0 Å². The van der Waals surface area contributed by atoms with E-state index in [9.17, 15) is 9.59 Å². The molecule has 0 radical (unpaired) electrons. The lowest BCUT2D eigenvalue weighted by Gasteiger charge is -2.22. The van der Waals surface area contributed by atoms with Gasteiger partial charge in [-0.15, -0.1) is 0 Å². The minimum absolute atomic E-state index is 0.0347. The largest absolute Gasteiger partial charge is 0.497 e. The van der Waals surface area contributed by atoms with Gasteiger partial charge in [0.25, 0.3) is 0 Å². The molecule has 0 spiro atoms. The first kappa shape index (κ1) is 20.3. The lowest BCUT2D eigenvalue weighted by atomic mass is 10.0.